The van der Waals surface area contributed by atoms with E-state index in [-0.39, 0.29) is 0 Å². The summed E-state index contributed by atoms with van der Waals surface area (Å²) in [6.45, 7) is 0. The zero-order chi connectivity index (χ0) is 7.78. The molecule has 1 rings (SSSR count). The minimum Gasteiger partial charge on any atom is -0.280 e. The maximum Gasteiger partial charge on any atom is 0.333 e. The van der Waals surface area contributed by atoms with Gasteiger partial charge in [-0.3, -0.25) is 4.55 Å². The zero-order valence-corrected chi connectivity index (χ0v) is 6.25. The average Bonchev–Trinajstić information content (AvgIpc) is 2.11. The minimum absolute atomic E-state index is 0.896. The maximum atomic E-state index is 10.5. The third kappa shape index (κ3) is 1.25. The van der Waals surface area contributed by atoms with Crippen LogP contribution in [0.15, 0.2) is 12.2 Å². The van der Waals surface area contributed by atoms with E-state index in [0.717, 1.165) is 0 Å². The van der Waals surface area contributed by atoms with E-state index in [4.69, 9.17) is 4.55 Å². The molecule has 0 bridgehead atoms. The van der Waals surface area contributed by atoms with E-state index < -0.39 is 15.5 Å². The highest BCUT2D eigenvalue weighted by molar-refractivity contribution is 7.86. The van der Waals surface area contributed by atoms with Gasteiger partial charge >= 0.3 is 10.1 Å². The molecule has 0 aliphatic carbocycles. The maximum absolute atomic E-state index is 10.5. The molecule has 0 saturated carbocycles. The molecule has 0 aromatic heterocycles. The van der Waals surface area contributed by atoms with Crippen LogP contribution < -0.4 is 0 Å². The summed E-state index contributed by atoms with van der Waals surface area (Å²) in [5, 5.41) is -0.896. The smallest absolute Gasteiger partial charge is 0.280 e. The van der Waals surface area contributed by atoms with Gasteiger partial charge in [0, 0.05) is 12.2 Å². The van der Waals surface area contributed by atoms with Crippen LogP contribution in [0.5, 0.6) is 0 Å². The molecule has 1 aliphatic heterocycles. The van der Waals surface area contributed by atoms with Gasteiger partial charge in [0.05, 0.1) is 0 Å². The quantitative estimate of drug-likeness (QED) is 0.417. The van der Waals surface area contributed by atoms with Crippen molar-refractivity contribution in [3.63, 3.8) is 0 Å². The van der Waals surface area contributed by atoms with Gasteiger partial charge in [-0.2, -0.15) is 8.42 Å². The monoisotopic (exact) mass is 162 g/mol. The van der Waals surface area contributed by atoms with E-state index in [0.29, 0.717) is 0 Å². The molecule has 5 heteroatoms. The Hall–Kier alpha value is -0.680. The highest BCUT2D eigenvalue weighted by Gasteiger charge is 2.30. The van der Waals surface area contributed by atoms with Crippen LogP contribution in [0.2, 0.25) is 0 Å². The van der Waals surface area contributed by atoms with Crippen LogP contribution in [0, 0.1) is 0 Å². The van der Waals surface area contributed by atoms with Gasteiger partial charge < -0.3 is 0 Å². The Bertz CT molecular complexity index is 288. The molecule has 0 aromatic rings. The second-order valence-electron chi connectivity index (χ2n) is 2.10. The highest BCUT2D eigenvalue weighted by Crippen LogP contribution is 2.04. The van der Waals surface area contributed by atoms with Crippen molar-refractivity contribution in [2.75, 3.05) is 7.05 Å². The summed E-state index contributed by atoms with van der Waals surface area (Å²) >= 11 is 0. The summed E-state index contributed by atoms with van der Waals surface area (Å²) in [4.78, 5) is 0. The highest BCUT2D eigenvalue weighted by atomic mass is 32.2. The Morgan fingerprint density at radius 3 is 2.40 bits per heavy atom. The van der Waals surface area contributed by atoms with Gasteiger partial charge in [-0.1, -0.05) is 0 Å². The molecule has 0 amide bonds. The molecule has 1 atom stereocenters. The summed E-state index contributed by atoms with van der Waals surface area (Å²) in [5.74, 6) is 0. The number of rotatable bonds is 1. The van der Waals surface area contributed by atoms with Crippen molar-refractivity contribution in [3.05, 3.63) is 12.2 Å². The van der Waals surface area contributed by atoms with Gasteiger partial charge in [-0.25, -0.2) is 4.58 Å². The number of hydrogen-bond acceptors (Lipinski definition) is 2. The normalized spacial score (nSPS) is 25.0. The van der Waals surface area contributed by atoms with Gasteiger partial charge in [0.1, 0.15) is 7.05 Å². The average molecular weight is 162 g/mol. The minimum atomic E-state index is -3.94. The first kappa shape index (κ1) is 7.43. The molecular weight excluding hydrogens is 154 g/mol. The SMILES string of the molecule is C[N+]1=CC=CC1S(=O)(=O)O. The fraction of sp³-hybridized carbons (Fsp3) is 0.400. The van der Waals surface area contributed by atoms with Crippen LogP contribution in [-0.4, -0.2) is 36.2 Å². The van der Waals surface area contributed by atoms with E-state index in [9.17, 15) is 8.42 Å². The van der Waals surface area contributed by atoms with Crippen molar-refractivity contribution >= 4 is 16.3 Å². The van der Waals surface area contributed by atoms with Crippen molar-refractivity contribution in [1.29, 1.82) is 0 Å². The summed E-state index contributed by atoms with van der Waals surface area (Å²) in [7, 11) is -2.36. The Balaban J connectivity index is 2.98. The van der Waals surface area contributed by atoms with Crippen molar-refractivity contribution < 1.29 is 17.5 Å². The molecule has 0 spiro atoms. The molecule has 1 N–H and O–H groups in total. The molecule has 1 heterocycles. The topological polar surface area (TPSA) is 57.4 Å². The first-order valence-electron chi connectivity index (χ1n) is 2.72. The van der Waals surface area contributed by atoms with Crippen molar-refractivity contribution in [2.45, 2.75) is 5.37 Å². The van der Waals surface area contributed by atoms with Gasteiger partial charge in [0.15, 0.2) is 6.21 Å². The fourth-order valence-electron chi connectivity index (χ4n) is 0.810. The van der Waals surface area contributed by atoms with Crippen LogP contribution in [0.25, 0.3) is 0 Å². The number of likely N-dealkylation sites (N-methyl/N-ethyl adjacent to an activating group) is 1. The number of nitrogens with zero attached hydrogens (tertiary/aromatic N) is 1. The van der Waals surface area contributed by atoms with E-state index in [1.54, 1.807) is 19.3 Å². The molecule has 4 nitrogen and oxygen atoms in total. The predicted octanol–water partition coefficient (Wildman–Crippen LogP) is -0.517. The van der Waals surface area contributed by atoms with Gasteiger partial charge in [0.25, 0.3) is 5.37 Å². The van der Waals surface area contributed by atoms with Gasteiger partial charge in [0.2, 0.25) is 0 Å². The second-order valence-corrected chi connectivity index (χ2v) is 3.62. The molecule has 0 aromatic carbocycles. The number of allylic oxidation sites excluding steroid dienone is 1. The lowest BCUT2D eigenvalue weighted by molar-refractivity contribution is -0.494. The predicted molar refractivity (Wildman–Crippen MR) is 36.7 cm³/mol. The van der Waals surface area contributed by atoms with Crippen LogP contribution in [0.4, 0.5) is 0 Å². The lowest BCUT2D eigenvalue weighted by Crippen LogP contribution is -2.26. The first-order valence-corrected chi connectivity index (χ1v) is 4.22. The van der Waals surface area contributed by atoms with Crippen molar-refractivity contribution in [3.8, 4) is 0 Å². The third-order valence-electron chi connectivity index (χ3n) is 1.30. The molecular formula is C5H8NO3S+. The third-order valence-corrected chi connectivity index (χ3v) is 2.40. The number of hydrogen-bond donors (Lipinski definition) is 1. The van der Waals surface area contributed by atoms with Crippen molar-refractivity contribution in [2.24, 2.45) is 0 Å². The first-order chi connectivity index (χ1) is 4.52. The zero-order valence-electron chi connectivity index (χ0n) is 5.43. The van der Waals surface area contributed by atoms with Crippen LogP contribution in [-0.2, 0) is 10.1 Å². The Kier molecular flexibility index (Phi) is 1.61. The van der Waals surface area contributed by atoms with Crippen molar-refractivity contribution in [1.82, 2.24) is 0 Å². The second kappa shape index (κ2) is 2.17. The lowest BCUT2D eigenvalue weighted by Gasteiger charge is -1.99. The lowest BCUT2D eigenvalue weighted by atomic mass is 10.6. The molecule has 0 fully saturated rings. The van der Waals surface area contributed by atoms with Crippen LogP contribution in [0.1, 0.15) is 0 Å². The van der Waals surface area contributed by atoms with E-state index in [1.165, 1.54) is 10.7 Å². The largest absolute Gasteiger partial charge is 0.333 e. The van der Waals surface area contributed by atoms with E-state index >= 15 is 0 Å². The van der Waals surface area contributed by atoms with E-state index in [2.05, 4.69) is 0 Å². The Labute approximate surface area is 59.2 Å². The summed E-state index contributed by atoms with van der Waals surface area (Å²) in [5.41, 5.74) is 0. The molecule has 10 heavy (non-hydrogen) atoms. The van der Waals surface area contributed by atoms with Gasteiger partial charge in [-0.05, 0) is 0 Å². The molecule has 1 aliphatic rings. The molecule has 1 unspecified atom stereocenters. The summed E-state index contributed by atoms with van der Waals surface area (Å²) < 4.78 is 30.9. The standard InChI is InChI=1S/C5H7NO3S/c1-6-4-2-3-5(6)10(7,8)9/h2-5H,1H3/p+1. The summed E-state index contributed by atoms with van der Waals surface area (Å²) in [6.07, 6.45) is 4.58. The summed E-state index contributed by atoms with van der Waals surface area (Å²) in [6, 6.07) is 0. The molecule has 0 saturated heterocycles. The fourth-order valence-corrected chi connectivity index (χ4v) is 1.59. The van der Waals surface area contributed by atoms with Gasteiger partial charge in [-0.15, -0.1) is 0 Å². The van der Waals surface area contributed by atoms with Crippen LogP contribution >= 0.6 is 0 Å². The van der Waals surface area contributed by atoms with E-state index in [1.807, 2.05) is 0 Å². The molecule has 56 valence electrons. The molecule has 0 radical (unpaired) electrons. The Morgan fingerprint density at radius 1 is 1.60 bits per heavy atom. The van der Waals surface area contributed by atoms with Crippen LogP contribution in [0.3, 0.4) is 0 Å². The Morgan fingerprint density at radius 2 is 2.20 bits per heavy atom.